The van der Waals surface area contributed by atoms with Crippen LogP contribution < -0.4 is 5.32 Å². The van der Waals surface area contributed by atoms with Crippen molar-refractivity contribution in [2.24, 2.45) is 5.41 Å². The van der Waals surface area contributed by atoms with Crippen molar-refractivity contribution in [3.63, 3.8) is 0 Å². The zero-order chi connectivity index (χ0) is 14.7. The number of rotatable bonds is 5. The Kier molecular flexibility index (Phi) is 3.76. The Morgan fingerprint density at radius 2 is 1.95 bits per heavy atom. The molecule has 1 fully saturated rings. The second-order valence-electron chi connectivity index (χ2n) is 5.78. The van der Waals surface area contributed by atoms with Crippen LogP contribution >= 0.6 is 0 Å². The van der Waals surface area contributed by atoms with Crippen LogP contribution in [-0.2, 0) is 4.79 Å². The van der Waals surface area contributed by atoms with Gasteiger partial charge in [-0.3, -0.25) is 4.79 Å². The summed E-state index contributed by atoms with van der Waals surface area (Å²) in [6, 6.07) is 14.2. The maximum absolute atomic E-state index is 11.9. The van der Waals surface area contributed by atoms with E-state index in [1.165, 1.54) is 0 Å². The van der Waals surface area contributed by atoms with Crippen LogP contribution in [0.5, 0.6) is 0 Å². The van der Waals surface area contributed by atoms with E-state index in [0.717, 1.165) is 29.2 Å². The van der Waals surface area contributed by atoms with Crippen LogP contribution in [0.2, 0.25) is 0 Å². The molecule has 108 valence electrons. The molecule has 0 radical (unpaired) electrons. The Hall–Kier alpha value is -2.13. The van der Waals surface area contributed by atoms with Gasteiger partial charge in [0.1, 0.15) is 0 Å². The third-order valence-electron chi connectivity index (χ3n) is 4.17. The summed E-state index contributed by atoms with van der Waals surface area (Å²) in [5, 5.41) is 14.4. The van der Waals surface area contributed by atoms with E-state index < -0.39 is 0 Å². The van der Waals surface area contributed by atoms with Crippen molar-refractivity contribution in [2.45, 2.75) is 12.8 Å². The summed E-state index contributed by atoms with van der Waals surface area (Å²) in [4.78, 5) is 11.9. The quantitative estimate of drug-likeness (QED) is 0.828. The number of hydrogen-bond donors (Lipinski definition) is 2. The zero-order valence-corrected chi connectivity index (χ0v) is 11.9. The molecule has 1 aliphatic carbocycles. The molecule has 0 heterocycles. The van der Waals surface area contributed by atoms with Gasteiger partial charge in [-0.25, -0.2) is 0 Å². The lowest BCUT2D eigenvalue weighted by atomic mass is 10.0. The molecule has 0 aromatic heterocycles. The molecule has 0 spiro atoms. The molecule has 0 unspecified atom stereocenters. The molecule has 2 aromatic carbocycles. The van der Waals surface area contributed by atoms with Crippen molar-refractivity contribution >= 4 is 22.8 Å². The van der Waals surface area contributed by atoms with Gasteiger partial charge in [0.15, 0.2) is 0 Å². The van der Waals surface area contributed by atoms with Crippen molar-refractivity contribution in [1.82, 2.24) is 5.32 Å². The molecule has 2 aromatic rings. The fourth-order valence-corrected chi connectivity index (χ4v) is 2.46. The average Bonchev–Trinajstić information content (AvgIpc) is 3.31. The second-order valence-corrected chi connectivity index (χ2v) is 5.78. The number of nitrogens with one attached hydrogen (secondary N) is 1. The molecular weight excluding hydrogens is 262 g/mol. The van der Waals surface area contributed by atoms with Crippen LogP contribution in [0.4, 0.5) is 0 Å². The second kappa shape index (κ2) is 5.70. The van der Waals surface area contributed by atoms with E-state index in [1.54, 1.807) is 6.08 Å². The van der Waals surface area contributed by atoms with Crippen LogP contribution in [0.3, 0.4) is 0 Å². The van der Waals surface area contributed by atoms with Gasteiger partial charge in [0.2, 0.25) is 5.91 Å². The molecule has 3 nitrogen and oxygen atoms in total. The fourth-order valence-electron chi connectivity index (χ4n) is 2.46. The number of aliphatic hydroxyl groups excluding tert-OH is 1. The molecule has 1 amide bonds. The van der Waals surface area contributed by atoms with Crippen LogP contribution in [0.25, 0.3) is 16.8 Å². The minimum atomic E-state index is -0.109. The summed E-state index contributed by atoms with van der Waals surface area (Å²) in [5.41, 5.74) is 0.981. The monoisotopic (exact) mass is 281 g/mol. The topological polar surface area (TPSA) is 49.3 Å². The van der Waals surface area contributed by atoms with Crippen LogP contribution in [-0.4, -0.2) is 24.2 Å². The number of hydrogen-bond acceptors (Lipinski definition) is 2. The molecule has 0 atom stereocenters. The molecule has 3 rings (SSSR count). The van der Waals surface area contributed by atoms with Crippen molar-refractivity contribution in [3.8, 4) is 0 Å². The Morgan fingerprint density at radius 3 is 2.71 bits per heavy atom. The summed E-state index contributed by atoms with van der Waals surface area (Å²) in [7, 11) is 0. The number of fused-ring (bicyclic) bond motifs is 1. The van der Waals surface area contributed by atoms with Crippen molar-refractivity contribution < 1.29 is 9.90 Å². The van der Waals surface area contributed by atoms with E-state index in [-0.39, 0.29) is 17.9 Å². The summed E-state index contributed by atoms with van der Waals surface area (Å²) in [5.74, 6) is -0.109. The molecular formula is C18H19NO2. The smallest absolute Gasteiger partial charge is 0.244 e. The Labute approximate surface area is 124 Å². The first-order valence-electron chi connectivity index (χ1n) is 7.27. The van der Waals surface area contributed by atoms with Crippen LogP contribution in [0.15, 0.2) is 48.5 Å². The molecule has 0 bridgehead atoms. The van der Waals surface area contributed by atoms with Gasteiger partial charge in [-0.15, -0.1) is 0 Å². The van der Waals surface area contributed by atoms with Gasteiger partial charge < -0.3 is 10.4 Å². The third-order valence-corrected chi connectivity index (χ3v) is 4.17. The third kappa shape index (κ3) is 3.14. The van der Waals surface area contributed by atoms with Gasteiger partial charge in [-0.2, -0.15) is 0 Å². The Bertz CT molecular complexity index is 681. The van der Waals surface area contributed by atoms with Crippen molar-refractivity contribution in [2.75, 3.05) is 13.2 Å². The summed E-state index contributed by atoms with van der Waals surface area (Å²) in [6.07, 6.45) is 5.40. The number of aliphatic hydroxyl groups is 1. The predicted octanol–water partition coefficient (Wildman–Crippen LogP) is 2.74. The molecule has 1 aliphatic rings. The highest BCUT2D eigenvalue weighted by Gasteiger charge is 2.41. The molecule has 1 saturated carbocycles. The van der Waals surface area contributed by atoms with Crippen molar-refractivity contribution in [1.29, 1.82) is 0 Å². The average molecular weight is 281 g/mol. The minimum Gasteiger partial charge on any atom is -0.396 e. The van der Waals surface area contributed by atoms with Gasteiger partial charge >= 0.3 is 0 Å². The standard InChI is InChI=1S/C18H19NO2/c20-13-18(10-11-18)12-19-17(21)9-8-15-6-3-5-14-4-1-2-7-16(14)15/h1-9,20H,10-13H2,(H,19,21)/b9-8+. The molecule has 21 heavy (non-hydrogen) atoms. The van der Waals surface area contributed by atoms with E-state index >= 15 is 0 Å². The fraction of sp³-hybridized carbons (Fsp3) is 0.278. The van der Waals surface area contributed by atoms with Crippen LogP contribution in [0, 0.1) is 5.41 Å². The lowest BCUT2D eigenvalue weighted by Gasteiger charge is -2.11. The summed E-state index contributed by atoms with van der Waals surface area (Å²) >= 11 is 0. The normalized spacial score (nSPS) is 16.2. The highest BCUT2D eigenvalue weighted by Crippen LogP contribution is 2.44. The molecule has 0 saturated heterocycles. The zero-order valence-electron chi connectivity index (χ0n) is 11.9. The van der Waals surface area contributed by atoms with E-state index in [0.29, 0.717) is 6.54 Å². The lowest BCUT2D eigenvalue weighted by Crippen LogP contribution is -2.30. The lowest BCUT2D eigenvalue weighted by molar-refractivity contribution is -0.116. The van der Waals surface area contributed by atoms with Gasteiger partial charge in [0.05, 0.1) is 6.61 Å². The first kappa shape index (κ1) is 13.8. The van der Waals surface area contributed by atoms with Gasteiger partial charge in [0, 0.05) is 18.0 Å². The number of amides is 1. The largest absolute Gasteiger partial charge is 0.396 e. The molecule has 3 heteroatoms. The maximum Gasteiger partial charge on any atom is 0.244 e. The van der Waals surface area contributed by atoms with E-state index in [9.17, 15) is 9.90 Å². The maximum atomic E-state index is 11.9. The summed E-state index contributed by atoms with van der Waals surface area (Å²) in [6.45, 7) is 0.711. The van der Waals surface area contributed by atoms with Crippen LogP contribution in [0.1, 0.15) is 18.4 Å². The number of benzene rings is 2. The Morgan fingerprint density at radius 1 is 1.19 bits per heavy atom. The number of carbonyl (C=O) groups is 1. The minimum absolute atomic E-state index is 0.0526. The van der Waals surface area contributed by atoms with Gasteiger partial charge in [-0.1, -0.05) is 42.5 Å². The molecule has 2 N–H and O–H groups in total. The van der Waals surface area contributed by atoms with E-state index in [4.69, 9.17) is 0 Å². The SMILES string of the molecule is O=C(/C=C/c1cccc2ccccc12)NCC1(CO)CC1. The van der Waals surface area contributed by atoms with E-state index in [2.05, 4.69) is 23.5 Å². The summed E-state index contributed by atoms with van der Waals surface area (Å²) < 4.78 is 0. The van der Waals surface area contributed by atoms with E-state index in [1.807, 2.05) is 30.3 Å². The van der Waals surface area contributed by atoms with Gasteiger partial charge in [0.25, 0.3) is 0 Å². The predicted molar refractivity (Wildman–Crippen MR) is 84.7 cm³/mol. The first-order chi connectivity index (χ1) is 10.2. The highest BCUT2D eigenvalue weighted by atomic mass is 16.3. The van der Waals surface area contributed by atoms with Gasteiger partial charge in [-0.05, 0) is 35.3 Å². The highest BCUT2D eigenvalue weighted by molar-refractivity contribution is 5.96. The molecule has 0 aliphatic heterocycles. The number of carbonyl (C=O) groups excluding carboxylic acids is 1. The first-order valence-corrected chi connectivity index (χ1v) is 7.27. The Balaban J connectivity index is 1.68. The van der Waals surface area contributed by atoms with Crippen molar-refractivity contribution in [3.05, 3.63) is 54.1 Å².